The molecule has 4 aromatic rings. The average molecular weight is 484 g/mol. The summed E-state index contributed by atoms with van der Waals surface area (Å²) < 4.78 is 12.5. The maximum absolute atomic E-state index is 12.8. The van der Waals surface area contributed by atoms with E-state index in [1.54, 1.807) is 26.4 Å². The Balaban J connectivity index is 1.39. The van der Waals surface area contributed by atoms with Crippen LogP contribution < -0.4 is 20.1 Å². The maximum atomic E-state index is 12.8. The number of ether oxygens (including phenoxy) is 2. The number of amides is 1. The molecule has 5 rings (SSSR count). The largest absolute Gasteiger partial charge is 0.493 e. The van der Waals surface area contributed by atoms with Crippen LogP contribution in [0, 0.1) is 6.92 Å². The zero-order valence-corrected chi connectivity index (χ0v) is 20.6. The molecule has 0 saturated heterocycles. The van der Waals surface area contributed by atoms with Crippen LogP contribution in [0.15, 0.2) is 72.8 Å². The number of carbonyl (C=O) groups excluding carboxylic acids is 1. The van der Waals surface area contributed by atoms with Crippen molar-refractivity contribution in [1.82, 2.24) is 14.8 Å². The molecule has 0 aliphatic carbocycles. The number of fused-ring (bicyclic) bond motifs is 1. The summed E-state index contributed by atoms with van der Waals surface area (Å²) in [4.78, 5) is 17.5. The molecule has 1 aliphatic heterocycles. The molecule has 2 heterocycles. The van der Waals surface area contributed by atoms with E-state index in [4.69, 9.17) is 9.47 Å². The van der Waals surface area contributed by atoms with Crippen molar-refractivity contribution in [3.8, 4) is 11.5 Å². The third kappa shape index (κ3) is 4.88. The Hall–Kier alpha value is -4.33. The van der Waals surface area contributed by atoms with Gasteiger partial charge in [0, 0.05) is 0 Å². The molecular formula is C28H29N5O3. The van der Waals surface area contributed by atoms with Crippen LogP contribution in [0.5, 0.6) is 11.5 Å². The second-order valence-corrected chi connectivity index (χ2v) is 8.89. The van der Waals surface area contributed by atoms with Crippen LogP contribution in [0.3, 0.4) is 0 Å². The fourth-order valence-electron chi connectivity index (χ4n) is 4.55. The second kappa shape index (κ2) is 10.1. The highest BCUT2D eigenvalue weighted by atomic mass is 16.5. The Morgan fingerprint density at radius 1 is 1.00 bits per heavy atom. The van der Waals surface area contributed by atoms with Gasteiger partial charge in [-0.2, -0.15) is 4.98 Å². The highest BCUT2D eigenvalue weighted by Gasteiger charge is 2.31. The van der Waals surface area contributed by atoms with Crippen LogP contribution >= 0.6 is 0 Å². The molecular weight excluding hydrogens is 454 g/mol. The summed E-state index contributed by atoms with van der Waals surface area (Å²) >= 11 is 0. The number of anilines is 2. The molecule has 1 aromatic heterocycles. The lowest BCUT2D eigenvalue weighted by atomic mass is 9.93. The zero-order chi connectivity index (χ0) is 25.1. The van der Waals surface area contributed by atoms with Gasteiger partial charge in [0.05, 0.1) is 32.7 Å². The standard InChI is InChI=1S/C28H29N5O3/c1-18-9-12-21(13-10-18)23-17-22(20-7-5-4-6-8-20)29-28-31-27(32-33(23)28)30-26(34)16-19-11-14-24(35-2)25(15-19)36-3/h4-15,22-23H,16-17H2,1-3H3,(H2,29,30,31,32,34)/t22-,23+/m1/s1. The van der Waals surface area contributed by atoms with Crippen molar-refractivity contribution in [2.45, 2.75) is 31.8 Å². The maximum Gasteiger partial charge on any atom is 0.250 e. The van der Waals surface area contributed by atoms with E-state index in [-0.39, 0.29) is 30.4 Å². The second-order valence-electron chi connectivity index (χ2n) is 8.89. The van der Waals surface area contributed by atoms with Gasteiger partial charge < -0.3 is 14.8 Å². The normalized spacial score (nSPS) is 16.5. The van der Waals surface area contributed by atoms with E-state index in [0.717, 1.165) is 17.5 Å². The average Bonchev–Trinajstić information content (AvgIpc) is 3.31. The molecule has 0 fully saturated rings. The molecule has 8 nitrogen and oxygen atoms in total. The SMILES string of the molecule is COc1ccc(CC(=O)Nc2nc3n(n2)[C@H](c2ccc(C)cc2)C[C@H](c2ccccc2)N3)cc1OC. The summed E-state index contributed by atoms with van der Waals surface area (Å²) in [5.41, 5.74) is 4.34. The van der Waals surface area contributed by atoms with E-state index >= 15 is 0 Å². The summed E-state index contributed by atoms with van der Waals surface area (Å²) in [5, 5.41) is 11.0. The van der Waals surface area contributed by atoms with Crippen LogP contribution in [0.25, 0.3) is 0 Å². The van der Waals surface area contributed by atoms with Crippen molar-refractivity contribution in [2.24, 2.45) is 0 Å². The highest BCUT2D eigenvalue weighted by Crippen LogP contribution is 2.38. The minimum atomic E-state index is -0.211. The Bertz CT molecular complexity index is 1350. The van der Waals surface area contributed by atoms with E-state index in [2.05, 4.69) is 64.0 Å². The minimum Gasteiger partial charge on any atom is -0.493 e. The molecule has 3 aromatic carbocycles. The first kappa shape index (κ1) is 23.4. The monoisotopic (exact) mass is 483 g/mol. The first-order valence-electron chi connectivity index (χ1n) is 11.9. The van der Waals surface area contributed by atoms with Gasteiger partial charge >= 0.3 is 0 Å². The molecule has 0 bridgehead atoms. The van der Waals surface area contributed by atoms with Gasteiger partial charge in [-0.05, 0) is 42.2 Å². The summed E-state index contributed by atoms with van der Waals surface area (Å²) in [5.74, 6) is 1.88. The molecule has 8 heteroatoms. The van der Waals surface area contributed by atoms with Crippen LogP contribution in [0.1, 0.15) is 40.8 Å². The molecule has 0 spiro atoms. The summed E-state index contributed by atoms with van der Waals surface area (Å²) in [7, 11) is 3.15. The van der Waals surface area contributed by atoms with E-state index in [1.165, 1.54) is 11.1 Å². The lowest BCUT2D eigenvalue weighted by molar-refractivity contribution is -0.115. The van der Waals surface area contributed by atoms with Gasteiger partial charge in [0.25, 0.3) is 5.95 Å². The predicted molar refractivity (Wildman–Crippen MR) is 139 cm³/mol. The Morgan fingerprint density at radius 2 is 1.75 bits per heavy atom. The Morgan fingerprint density at radius 3 is 2.47 bits per heavy atom. The minimum absolute atomic E-state index is 0.0175. The first-order valence-corrected chi connectivity index (χ1v) is 11.9. The van der Waals surface area contributed by atoms with Gasteiger partial charge in [-0.1, -0.05) is 66.2 Å². The van der Waals surface area contributed by atoms with E-state index in [1.807, 2.05) is 28.9 Å². The quantitative estimate of drug-likeness (QED) is 0.387. The third-order valence-corrected chi connectivity index (χ3v) is 6.42. The van der Waals surface area contributed by atoms with Crippen LogP contribution in [-0.2, 0) is 11.2 Å². The van der Waals surface area contributed by atoms with Gasteiger partial charge in [0.2, 0.25) is 11.9 Å². The van der Waals surface area contributed by atoms with Gasteiger partial charge in [-0.25, -0.2) is 4.68 Å². The number of nitrogens with zero attached hydrogens (tertiary/aromatic N) is 3. The van der Waals surface area contributed by atoms with Crippen molar-refractivity contribution >= 4 is 17.8 Å². The van der Waals surface area contributed by atoms with Crippen molar-refractivity contribution in [3.05, 3.63) is 95.1 Å². The van der Waals surface area contributed by atoms with Crippen molar-refractivity contribution in [3.63, 3.8) is 0 Å². The van der Waals surface area contributed by atoms with Crippen LogP contribution in [0.4, 0.5) is 11.9 Å². The number of methoxy groups -OCH3 is 2. The van der Waals surface area contributed by atoms with Crippen molar-refractivity contribution in [1.29, 1.82) is 0 Å². The smallest absolute Gasteiger partial charge is 0.250 e. The molecule has 0 unspecified atom stereocenters. The number of nitrogens with one attached hydrogen (secondary N) is 2. The number of aromatic nitrogens is 3. The fraction of sp³-hybridized carbons (Fsp3) is 0.250. The van der Waals surface area contributed by atoms with Gasteiger partial charge in [0.1, 0.15) is 0 Å². The van der Waals surface area contributed by atoms with Gasteiger partial charge in [-0.15, -0.1) is 5.10 Å². The number of rotatable bonds is 7. The lowest BCUT2D eigenvalue weighted by Gasteiger charge is -2.31. The molecule has 1 amide bonds. The molecule has 0 saturated carbocycles. The molecule has 0 radical (unpaired) electrons. The van der Waals surface area contributed by atoms with Gasteiger partial charge in [-0.3, -0.25) is 10.1 Å². The van der Waals surface area contributed by atoms with Crippen LogP contribution in [0.2, 0.25) is 0 Å². The van der Waals surface area contributed by atoms with E-state index in [9.17, 15) is 4.79 Å². The number of carbonyl (C=O) groups is 1. The third-order valence-electron chi connectivity index (χ3n) is 6.42. The molecule has 184 valence electrons. The lowest BCUT2D eigenvalue weighted by Crippen LogP contribution is -2.28. The number of hydrogen-bond acceptors (Lipinski definition) is 6. The fourth-order valence-corrected chi connectivity index (χ4v) is 4.55. The molecule has 2 atom stereocenters. The first-order chi connectivity index (χ1) is 17.5. The van der Waals surface area contributed by atoms with Gasteiger partial charge in [0.15, 0.2) is 11.5 Å². The highest BCUT2D eigenvalue weighted by molar-refractivity contribution is 5.90. The van der Waals surface area contributed by atoms with E-state index < -0.39 is 0 Å². The molecule has 36 heavy (non-hydrogen) atoms. The Labute approximate surface area is 210 Å². The number of benzene rings is 3. The predicted octanol–water partition coefficient (Wildman–Crippen LogP) is 4.93. The zero-order valence-electron chi connectivity index (χ0n) is 20.6. The summed E-state index contributed by atoms with van der Waals surface area (Å²) in [6.45, 7) is 2.08. The summed E-state index contributed by atoms with van der Waals surface area (Å²) in [6.07, 6.45) is 0.966. The van der Waals surface area contributed by atoms with Crippen LogP contribution in [-0.4, -0.2) is 34.9 Å². The Kier molecular flexibility index (Phi) is 6.58. The van der Waals surface area contributed by atoms with Crippen molar-refractivity contribution < 1.29 is 14.3 Å². The van der Waals surface area contributed by atoms with Crippen molar-refractivity contribution in [2.75, 3.05) is 24.9 Å². The topological polar surface area (TPSA) is 90.3 Å². The molecule has 1 aliphatic rings. The number of hydrogen-bond donors (Lipinski definition) is 2. The summed E-state index contributed by atoms with van der Waals surface area (Å²) in [6, 6.07) is 24.3. The number of aryl methyl sites for hydroxylation is 1. The molecule has 2 N–H and O–H groups in total. The van der Waals surface area contributed by atoms with E-state index in [0.29, 0.717) is 17.4 Å².